The summed E-state index contributed by atoms with van der Waals surface area (Å²) in [6, 6.07) is 59.0. The van der Waals surface area contributed by atoms with Gasteiger partial charge in [-0.25, -0.2) is 0 Å². The molecule has 0 radical (unpaired) electrons. The Hall–Kier alpha value is -6.78. The molecule has 3 nitrogen and oxygen atoms in total. The van der Waals surface area contributed by atoms with Crippen molar-refractivity contribution in [3.8, 4) is 11.1 Å². The number of nitrogens with zero attached hydrogens (tertiary/aromatic N) is 3. The molecule has 0 bridgehead atoms. The first-order chi connectivity index (χ1) is 39.2. The second-order valence-corrected chi connectivity index (χ2v) is 32.6. The highest BCUT2D eigenvalue weighted by molar-refractivity contribution is 7.00. The average Bonchev–Trinajstić information content (AvgIpc) is 0.766. The molecular formula is C80H92BN3. The van der Waals surface area contributed by atoms with Gasteiger partial charge in [0, 0.05) is 56.6 Å². The minimum Gasteiger partial charge on any atom is -0.311 e. The molecule has 0 fully saturated rings. The van der Waals surface area contributed by atoms with Crippen molar-refractivity contribution >= 4 is 74.3 Å². The lowest BCUT2D eigenvalue weighted by Gasteiger charge is -2.48. The van der Waals surface area contributed by atoms with E-state index in [1.165, 1.54) is 130 Å². The van der Waals surface area contributed by atoms with Crippen LogP contribution in [0, 0.1) is 6.92 Å². The second kappa shape index (κ2) is 18.4. The van der Waals surface area contributed by atoms with Gasteiger partial charge < -0.3 is 14.7 Å². The topological polar surface area (TPSA) is 9.72 Å². The van der Waals surface area contributed by atoms with Gasteiger partial charge in [-0.2, -0.15) is 0 Å². The molecule has 2 heterocycles. The van der Waals surface area contributed by atoms with Crippen molar-refractivity contribution < 1.29 is 0 Å². The molecule has 0 unspecified atom stereocenters. The molecule has 5 aliphatic rings. The van der Waals surface area contributed by atoms with Gasteiger partial charge >= 0.3 is 0 Å². The summed E-state index contributed by atoms with van der Waals surface area (Å²) < 4.78 is 0. The normalized spacial score (nSPS) is 18.2. The van der Waals surface area contributed by atoms with Crippen LogP contribution in [0.15, 0.2) is 146 Å². The van der Waals surface area contributed by atoms with Gasteiger partial charge in [0.05, 0.1) is 0 Å². The summed E-state index contributed by atoms with van der Waals surface area (Å²) in [5.74, 6) is 0. The highest BCUT2D eigenvalue weighted by atomic mass is 15.2. The highest BCUT2D eigenvalue weighted by Gasteiger charge is 2.48. The molecule has 0 saturated carbocycles. The van der Waals surface area contributed by atoms with Crippen molar-refractivity contribution in [2.75, 3.05) is 14.7 Å². The molecule has 4 heteroatoms. The number of rotatable bonds is 5. The molecule has 0 spiro atoms. The number of hydrogen-bond acceptors (Lipinski definition) is 3. The van der Waals surface area contributed by atoms with E-state index in [0.29, 0.717) is 0 Å². The summed E-state index contributed by atoms with van der Waals surface area (Å²) in [7, 11) is 0. The van der Waals surface area contributed by atoms with Crippen molar-refractivity contribution in [1.29, 1.82) is 0 Å². The van der Waals surface area contributed by atoms with Crippen molar-refractivity contribution in [1.82, 2.24) is 0 Å². The minimum atomic E-state index is -0.152. The van der Waals surface area contributed by atoms with E-state index in [1.807, 2.05) is 0 Å². The first kappa shape index (κ1) is 56.4. The van der Waals surface area contributed by atoms with Crippen molar-refractivity contribution in [2.24, 2.45) is 0 Å². The van der Waals surface area contributed by atoms with Crippen LogP contribution in [0.25, 0.3) is 11.1 Å². The van der Waals surface area contributed by atoms with E-state index in [9.17, 15) is 0 Å². The SMILES string of the molecule is Cc1cc2c3c(c1)N(c1ccc4c(c1)C(C)(C)CCC4(C)C)c1cc4c(cc1B3c1ccc(N(c3ccc(C(C)(C)C)cc3)c3ccc(C(C)(C)C)cc3)cc1N2c1ccc2c(c1)-c1ccc(C(C)(C)C)cc1C2(C)C)C(C)(C)CCC4(C)C. The lowest BCUT2D eigenvalue weighted by Crippen LogP contribution is -2.62. The summed E-state index contributed by atoms with van der Waals surface area (Å²) in [5.41, 5.74) is 31.9. The third-order valence-electron chi connectivity index (χ3n) is 21.3. The van der Waals surface area contributed by atoms with Crippen LogP contribution in [0.1, 0.15) is 213 Å². The predicted molar refractivity (Wildman–Crippen MR) is 364 cm³/mol. The molecule has 0 aromatic heterocycles. The van der Waals surface area contributed by atoms with E-state index in [2.05, 4.69) is 299 Å². The van der Waals surface area contributed by atoms with Gasteiger partial charge in [-0.1, -0.05) is 198 Å². The second-order valence-electron chi connectivity index (χ2n) is 32.6. The van der Waals surface area contributed by atoms with Crippen LogP contribution < -0.4 is 31.1 Å². The van der Waals surface area contributed by atoms with Gasteiger partial charge in [-0.3, -0.25) is 0 Å². The Morgan fingerprint density at radius 2 is 0.798 bits per heavy atom. The fraction of sp³-hybridized carbons (Fsp3) is 0.400. The van der Waals surface area contributed by atoms with Crippen LogP contribution >= 0.6 is 0 Å². The van der Waals surface area contributed by atoms with Gasteiger partial charge in [0.15, 0.2) is 0 Å². The summed E-state index contributed by atoms with van der Waals surface area (Å²) >= 11 is 0. The van der Waals surface area contributed by atoms with Crippen molar-refractivity contribution in [2.45, 2.75) is 207 Å². The van der Waals surface area contributed by atoms with Crippen molar-refractivity contribution in [3.63, 3.8) is 0 Å². The Morgan fingerprint density at radius 1 is 0.357 bits per heavy atom. The van der Waals surface area contributed by atoms with Crippen LogP contribution in [0.3, 0.4) is 0 Å². The number of anilines is 9. The van der Waals surface area contributed by atoms with Crippen LogP contribution in [0.2, 0.25) is 0 Å². The molecule has 84 heavy (non-hydrogen) atoms. The van der Waals surface area contributed by atoms with Gasteiger partial charge in [0.25, 0.3) is 6.71 Å². The maximum atomic E-state index is 2.71. The zero-order chi connectivity index (χ0) is 60.0. The fourth-order valence-corrected chi connectivity index (χ4v) is 15.6. The Bertz CT molecular complexity index is 3950. The molecule has 0 atom stereocenters. The third-order valence-corrected chi connectivity index (χ3v) is 21.3. The number of aryl methyl sites for hydroxylation is 1. The van der Waals surface area contributed by atoms with E-state index >= 15 is 0 Å². The van der Waals surface area contributed by atoms with E-state index in [1.54, 1.807) is 0 Å². The van der Waals surface area contributed by atoms with Crippen LogP contribution in [0.4, 0.5) is 51.2 Å². The molecule has 8 aromatic carbocycles. The Kier molecular flexibility index (Phi) is 12.3. The monoisotopic (exact) mass is 1110 g/mol. The maximum Gasteiger partial charge on any atom is 0.252 e. The van der Waals surface area contributed by atoms with Gasteiger partial charge in [-0.05, 0) is 233 Å². The molecule has 0 saturated heterocycles. The summed E-state index contributed by atoms with van der Waals surface area (Å²) in [5, 5.41) is 0. The molecule has 0 N–H and O–H groups in total. The van der Waals surface area contributed by atoms with Gasteiger partial charge in [0.1, 0.15) is 0 Å². The largest absolute Gasteiger partial charge is 0.311 e. The Labute approximate surface area is 506 Å². The van der Waals surface area contributed by atoms with E-state index in [0.717, 1.165) is 29.9 Å². The molecule has 430 valence electrons. The molecule has 8 aromatic rings. The molecular weight excluding hydrogens is 1010 g/mol. The number of benzene rings is 8. The molecule has 13 rings (SSSR count). The van der Waals surface area contributed by atoms with Gasteiger partial charge in [-0.15, -0.1) is 0 Å². The fourth-order valence-electron chi connectivity index (χ4n) is 15.6. The van der Waals surface area contributed by atoms with Gasteiger partial charge in [0.2, 0.25) is 0 Å². The first-order valence-electron chi connectivity index (χ1n) is 31.7. The van der Waals surface area contributed by atoms with E-state index in [-0.39, 0.29) is 50.0 Å². The maximum absolute atomic E-state index is 2.71. The molecule has 0 amide bonds. The molecule has 2 aliphatic heterocycles. The highest BCUT2D eigenvalue weighted by Crippen LogP contribution is 2.56. The summed E-state index contributed by atoms with van der Waals surface area (Å²) in [6.45, 7) is 47.9. The van der Waals surface area contributed by atoms with Crippen LogP contribution in [-0.2, 0) is 43.3 Å². The Morgan fingerprint density at radius 3 is 1.32 bits per heavy atom. The average molecular weight is 1110 g/mol. The van der Waals surface area contributed by atoms with E-state index < -0.39 is 0 Å². The quantitative estimate of drug-likeness (QED) is 0.159. The zero-order valence-corrected chi connectivity index (χ0v) is 54.6. The zero-order valence-electron chi connectivity index (χ0n) is 54.6. The standard InChI is InChI=1S/C80H92BN3/c1-49-41-70-72-71(42-49)84(56-31-35-61-63(45-56)77(13,14)38-37-76(61,11)12)69-48-65-64(78(15,16)39-40-79(65,17)18)47-67(69)81(72)66-36-32-57(82(53-26-21-50(22-27-53)73(2,3)4)54-28-23-51(24-29-54)74(5,6)7)46-68(66)83(70)55-30-34-60-59(44-55)58-33-25-52(75(8,9)10)43-62(58)80(60,19)20/h21-36,41-48H,37-40H2,1-20H3. The Balaban J connectivity index is 1.11. The third kappa shape index (κ3) is 8.78. The lowest BCUT2D eigenvalue weighted by molar-refractivity contribution is 0.332. The minimum absolute atomic E-state index is 0.0175. The van der Waals surface area contributed by atoms with E-state index in [4.69, 9.17) is 0 Å². The first-order valence-corrected chi connectivity index (χ1v) is 31.7. The number of fused-ring (bicyclic) bond motifs is 9. The van der Waals surface area contributed by atoms with Crippen LogP contribution in [-0.4, -0.2) is 6.71 Å². The number of hydrogen-bond donors (Lipinski definition) is 0. The summed E-state index contributed by atoms with van der Waals surface area (Å²) in [6.07, 6.45) is 4.67. The lowest BCUT2D eigenvalue weighted by atomic mass is 9.33. The van der Waals surface area contributed by atoms with Crippen LogP contribution in [0.5, 0.6) is 0 Å². The molecule has 3 aliphatic carbocycles. The summed E-state index contributed by atoms with van der Waals surface area (Å²) in [4.78, 5) is 7.88. The predicted octanol–water partition coefficient (Wildman–Crippen LogP) is 20.4. The smallest absolute Gasteiger partial charge is 0.252 e. The van der Waals surface area contributed by atoms with Crippen molar-refractivity contribution in [3.05, 3.63) is 201 Å².